The molecule has 124 valence electrons. The molecule has 21 heavy (non-hydrogen) atoms. The zero-order valence-corrected chi connectivity index (χ0v) is 16.6. The lowest BCUT2D eigenvalue weighted by Crippen LogP contribution is -2.68. The van der Waals surface area contributed by atoms with Gasteiger partial charge in [-0.2, -0.15) is 0 Å². The molecule has 0 aromatic rings. The van der Waals surface area contributed by atoms with Crippen LogP contribution in [-0.4, -0.2) is 37.3 Å². The van der Waals surface area contributed by atoms with Gasteiger partial charge in [0.2, 0.25) is 0 Å². The molecular weight excluding hydrogens is 377 g/mol. The highest BCUT2D eigenvalue weighted by atomic mass is 127. The minimum absolute atomic E-state index is 0. The number of halogens is 1. The maximum Gasteiger partial charge on any atom is 0.191 e. The lowest BCUT2D eigenvalue weighted by molar-refractivity contribution is -0.106. The summed E-state index contributed by atoms with van der Waals surface area (Å²) in [4.78, 5) is 4.60. The van der Waals surface area contributed by atoms with Crippen LogP contribution in [0.25, 0.3) is 0 Å². The van der Waals surface area contributed by atoms with Crippen molar-refractivity contribution >= 4 is 29.9 Å². The van der Waals surface area contributed by atoms with Crippen LogP contribution in [0.1, 0.15) is 48.0 Å². The number of hydrogen-bond acceptors (Lipinski definition) is 2. The molecule has 4 atom stereocenters. The minimum Gasteiger partial charge on any atom is -0.377 e. The second kappa shape index (κ2) is 7.49. The van der Waals surface area contributed by atoms with Gasteiger partial charge in [-0.05, 0) is 26.2 Å². The predicted octanol–water partition coefficient (Wildman–Crippen LogP) is 3.02. The van der Waals surface area contributed by atoms with Crippen molar-refractivity contribution in [1.29, 1.82) is 0 Å². The van der Waals surface area contributed by atoms with Gasteiger partial charge in [-0.1, -0.05) is 27.7 Å². The SMILES string of the molecule is CCN=C(NC(C)C(C)C)NC1C2CCOC2C1(C)C.I. The van der Waals surface area contributed by atoms with Crippen molar-refractivity contribution in [1.82, 2.24) is 10.6 Å². The molecule has 2 fully saturated rings. The van der Waals surface area contributed by atoms with Gasteiger partial charge >= 0.3 is 0 Å². The fourth-order valence-electron chi connectivity index (χ4n) is 3.44. The largest absolute Gasteiger partial charge is 0.377 e. The molecule has 1 aliphatic heterocycles. The smallest absolute Gasteiger partial charge is 0.191 e. The van der Waals surface area contributed by atoms with Gasteiger partial charge in [0.15, 0.2) is 5.96 Å². The maximum atomic E-state index is 5.86. The average molecular weight is 409 g/mol. The Morgan fingerprint density at radius 2 is 2.00 bits per heavy atom. The Hall–Kier alpha value is -0.0400. The van der Waals surface area contributed by atoms with Gasteiger partial charge in [0.1, 0.15) is 0 Å². The summed E-state index contributed by atoms with van der Waals surface area (Å²) in [6.45, 7) is 15.1. The molecule has 4 unspecified atom stereocenters. The molecule has 4 nitrogen and oxygen atoms in total. The molecule has 2 N–H and O–H groups in total. The van der Waals surface area contributed by atoms with E-state index in [4.69, 9.17) is 4.74 Å². The van der Waals surface area contributed by atoms with E-state index >= 15 is 0 Å². The summed E-state index contributed by atoms with van der Waals surface area (Å²) in [7, 11) is 0. The molecule has 1 saturated heterocycles. The highest BCUT2D eigenvalue weighted by Gasteiger charge is 2.59. The zero-order valence-electron chi connectivity index (χ0n) is 14.3. The van der Waals surface area contributed by atoms with Crippen molar-refractivity contribution < 1.29 is 4.74 Å². The third-order valence-electron chi connectivity index (χ3n) is 5.07. The Morgan fingerprint density at radius 1 is 1.33 bits per heavy atom. The van der Waals surface area contributed by atoms with E-state index in [9.17, 15) is 0 Å². The first kappa shape index (κ1) is 19.0. The lowest BCUT2D eigenvalue weighted by Gasteiger charge is -2.55. The number of fused-ring (bicyclic) bond motifs is 1. The van der Waals surface area contributed by atoms with Gasteiger partial charge in [-0.15, -0.1) is 24.0 Å². The molecule has 0 aromatic heterocycles. The van der Waals surface area contributed by atoms with Crippen molar-refractivity contribution in [2.75, 3.05) is 13.2 Å². The summed E-state index contributed by atoms with van der Waals surface area (Å²) in [5.41, 5.74) is 0.193. The molecule has 0 bridgehead atoms. The Bertz CT molecular complexity index is 371. The molecule has 0 spiro atoms. The van der Waals surface area contributed by atoms with Crippen LogP contribution in [0.2, 0.25) is 0 Å². The quantitative estimate of drug-likeness (QED) is 0.426. The van der Waals surface area contributed by atoms with Crippen molar-refractivity contribution in [2.45, 2.75) is 66.2 Å². The molecule has 1 heterocycles. The van der Waals surface area contributed by atoms with Crippen molar-refractivity contribution in [3.8, 4) is 0 Å². The third kappa shape index (κ3) is 3.84. The number of aliphatic imine (C=N–C) groups is 1. The van der Waals surface area contributed by atoms with Crippen LogP contribution in [0.5, 0.6) is 0 Å². The zero-order chi connectivity index (χ0) is 14.9. The molecule has 1 aliphatic carbocycles. The summed E-state index contributed by atoms with van der Waals surface area (Å²) < 4.78 is 5.86. The Kier molecular flexibility index (Phi) is 6.78. The van der Waals surface area contributed by atoms with Crippen LogP contribution in [0.4, 0.5) is 0 Å². The summed E-state index contributed by atoms with van der Waals surface area (Å²) >= 11 is 0. The fraction of sp³-hybridized carbons (Fsp3) is 0.938. The lowest BCUT2D eigenvalue weighted by atomic mass is 9.57. The molecule has 0 radical (unpaired) electrons. The summed E-state index contributed by atoms with van der Waals surface area (Å²) in [6, 6.07) is 0.888. The summed E-state index contributed by atoms with van der Waals surface area (Å²) in [6.07, 6.45) is 1.59. The van der Waals surface area contributed by atoms with Gasteiger partial charge < -0.3 is 15.4 Å². The Balaban J connectivity index is 0.00000220. The monoisotopic (exact) mass is 409 g/mol. The normalized spacial score (nSPS) is 32.0. The number of rotatable bonds is 4. The van der Waals surface area contributed by atoms with Gasteiger partial charge in [0.05, 0.1) is 6.10 Å². The van der Waals surface area contributed by atoms with Crippen LogP contribution >= 0.6 is 24.0 Å². The molecule has 2 aliphatic rings. The highest BCUT2D eigenvalue weighted by molar-refractivity contribution is 14.0. The fourth-order valence-corrected chi connectivity index (χ4v) is 3.44. The first-order valence-electron chi connectivity index (χ1n) is 8.07. The maximum absolute atomic E-state index is 5.86. The van der Waals surface area contributed by atoms with Crippen LogP contribution in [0.15, 0.2) is 4.99 Å². The van der Waals surface area contributed by atoms with Crippen LogP contribution in [0, 0.1) is 17.3 Å². The van der Waals surface area contributed by atoms with Crippen molar-refractivity contribution in [2.24, 2.45) is 22.2 Å². The van der Waals surface area contributed by atoms with E-state index in [1.165, 1.54) is 6.42 Å². The second-order valence-electron chi connectivity index (χ2n) is 7.19. The van der Waals surface area contributed by atoms with E-state index in [2.05, 4.69) is 57.2 Å². The van der Waals surface area contributed by atoms with Crippen LogP contribution in [-0.2, 0) is 4.74 Å². The van der Waals surface area contributed by atoms with E-state index in [-0.39, 0.29) is 29.4 Å². The van der Waals surface area contributed by atoms with E-state index in [1.54, 1.807) is 0 Å². The number of nitrogens with zero attached hydrogens (tertiary/aromatic N) is 1. The van der Waals surface area contributed by atoms with Crippen molar-refractivity contribution in [3.63, 3.8) is 0 Å². The standard InChI is InChI=1S/C16H31N3O.HI/c1-7-17-15(18-11(4)10(2)3)19-13-12-8-9-20-14(12)16(13,5)6;/h10-14H,7-9H2,1-6H3,(H2,17,18,19);1H. The molecule has 0 amide bonds. The number of hydrogen-bond donors (Lipinski definition) is 2. The molecule has 2 rings (SSSR count). The van der Waals surface area contributed by atoms with Gasteiger partial charge in [0, 0.05) is 36.6 Å². The summed E-state index contributed by atoms with van der Waals surface area (Å²) in [5.74, 6) is 2.19. The second-order valence-corrected chi connectivity index (χ2v) is 7.19. The first-order valence-corrected chi connectivity index (χ1v) is 8.07. The van der Waals surface area contributed by atoms with Gasteiger partial charge in [-0.25, -0.2) is 0 Å². The molecule has 5 heteroatoms. The minimum atomic E-state index is 0. The Morgan fingerprint density at radius 3 is 2.57 bits per heavy atom. The van der Waals surface area contributed by atoms with Crippen LogP contribution in [0.3, 0.4) is 0 Å². The van der Waals surface area contributed by atoms with E-state index in [0.717, 1.165) is 19.1 Å². The van der Waals surface area contributed by atoms with E-state index < -0.39 is 0 Å². The molecule has 1 saturated carbocycles. The van der Waals surface area contributed by atoms with E-state index in [0.29, 0.717) is 30.0 Å². The number of nitrogens with one attached hydrogen (secondary N) is 2. The van der Waals surface area contributed by atoms with Gasteiger partial charge in [0.25, 0.3) is 0 Å². The van der Waals surface area contributed by atoms with Crippen molar-refractivity contribution in [3.05, 3.63) is 0 Å². The first-order chi connectivity index (χ1) is 9.37. The molecule has 0 aromatic carbocycles. The number of ether oxygens (including phenoxy) is 1. The van der Waals surface area contributed by atoms with Crippen LogP contribution < -0.4 is 10.6 Å². The van der Waals surface area contributed by atoms with Gasteiger partial charge in [-0.3, -0.25) is 4.99 Å². The predicted molar refractivity (Wildman–Crippen MR) is 99.4 cm³/mol. The summed E-state index contributed by atoms with van der Waals surface area (Å²) in [5, 5.41) is 7.19. The highest BCUT2D eigenvalue weighted by Crippen LogP contribution is 2.52. The molecular formula is C16H32IN3O. The topological polar surface area (TPSA) is 45.7 Å². The third-order valence-corrected chi connectivity index (χ3v) is 5.07. The average Bonchev–Trinajstić information content (AvgIpc) is 2.82. The van der Waals surface area contributed by atoms with E-state index in [1.807, 2.05) is 0 Å². The number of guanidine groups is 1. The Labute approximate surface area is 146 Å².